The smallest absolute Gasteiger partial charge is 0.335 e. The average molecular weight is 336 g/mol. The van der Waals surface area contributed by atoms with E-state index in [-0.39, 0.29) is 4.85 Å². The maximum Gasteiger partial charge on any atom is 0.335 e. The maximum absolute atomic E-state index is 12.2. The molecule has 1 rings (SSSR count). The Morgan fingerprint density at radius 3 is 1.67 bits per heavy atom. The highest BCUT2D eigenvalue weighted by atomic mass is 32.2. The summed E-state index contributed by atoms with van der Waals surface area (Å²) in [6, 6.07) is 2.03. The van der Waals surface area contributed by atoms with Crippen LogP contribution in [0.1, 0.15) is 41.5 Å². The summed E-state index contributed by atoms with van der Waals surface area (Å²) in [6.07, 6.45) is 0. The maximum atomic E-state index is 12.2. The molecule has 0 aromatic carbocycles. The molecular weight excluding hydrogens is 316 g/mol. The first kappa shape index (κ1) is 17.8. The molecule has 0 aliphatic rings. The second kappa shape index (κ2) is 4.91. The van der Waals surface area contributed by atoms with Gasteiger partial charge in [-0.1, -0.05) is 0 Å². The van der Waals surface area contributed by atoms with E-state index in [9.17, 15) is 22.0 Å². The monoisotopic (exact) mass is 336 g/mol. The van der Waals surface area contributed by atoms with E-state index in [1.165, 1.54) is 41.5 Å². The van der Waals surface area contributed by atoms with E-state index in [1.54, 1.807) is 0 Å². The number of aromatic nitrogens is 2. The van der Waals surface area contributed by atoms with E-state index in [4.69, 9.17) is 0 Å². The van der Waals surface area contributed by atoms with Gasteiger partial charge in [0.25, 0.3) is 0 Å². The molecule has 1 aromatic heterocycles. The van der Waals surface area contributed by atoms with Crippen LogP contribution in [0.15, 0.2) is 22.2 Å². The number of rotatable bonds is 2. The second-order valence-corrected chi connectivity index (χ2v) is 11.9. The van der Waals surface area contributed by atoms with Crippen molar-refractivity contribution < 1.29 is 21.7 Å². The second-order valence-electron chi connectivity index (χ2n) is 6.61. The minimum absolute atomic E-state index is 0.140. The zero-order chi connectivity index (χ0) is 16.9. The van der Waals surface area contributed by atoms with Gasteiger partial charge in [0.05, 0.1) is 9.49 Å². The van der Waals surface area contributed by atoms with Gasteiger partial charge in [-0.15, -0.1) is 0 Å². The predicted octanol–water partition coefficient (Wildman–Crippen LogP) is 0.859. The molecule has 21 heavy (non-hydrogen) atoms. The van der Waals surface area contributed by atoms with Crippen molar-refractivity contribution in [3.8, 4) is 0 Å². The summed E-state index contributed by atoms with van der Waals surface area (Å²) in [4.78, 5) is -0.140. The van der Waals surface area contributed by atoms with Gasteiger partial charge in [0, 0.05) is 11.2 Å². The van der Waals surface area contributed by atoms with Crippen LogP contribution >= 0.6 is 0 Å². The standard InChI is InChI=1S/C12H20N2O5S2/c1-11(2,3)20(16,17)9-7-8-10(14(15)13-9)21(18,19)12(4,5)6/h7-8H,1-6H3. The highest BCUT2D eigenvalue weighted by Crippen LogP contribution is 2.25. The lowest BCUT2D eigenvalue weighted by molar-refractivity contribution is -0.711. The third kappa shape index (κ3) is 3.03. The molecule has 9 heteroatoms. The SMILES string of the molecule is CC(C)(C)S(=O)(=O)c1ccc(S(=O)(=O)C(C)(C)C)[n+]([O-])n1. The number of sulfone groups is 2. The summed E-state index contributed by atoms with van der Waals surface area (Å²) < 4.78 is 46.5. The van der Waals surface area contributed by atoms with Crippen LogP contribution in [-0.4, -0.2) is 31.4 Å². The van der Waals surface area contributed by atoms with Gasteiger partial charge in [-0.05, 0) is 52.5 Å². The fourth-order valence-electron chi connectivity index (χ4n) is 1.34. The van der Waals surface area contributed by atoms with E-state index in [2.05, 4.69) is 5.10 Å². The molecular formula is C12H20N2O5S2. The number of nitrogens with zero attached hydrogens (tertiary/aromatic N) is 2. The molecule has 120 valence electrons. The van der Waals surface area contributed by atoms with Crippen molar-refractivity contribution in [2.75, 3.05) is 0 Å². The molecule has 0 atom stereocenters. The van der Waals surface area contributed by atoms with Crippen LogP contribution in [0.2, 0.25) is 0 Å². The Bertz CT molecular complexity index is 754. The topological polar surface area (TPSA) is 108 Å². The van der Waals surface area contributed by atoms with Crippen LogP contribution in [0.5, 0.6) is 0 Å². The van der Waals surface area contributed by atoms with Gasteiger partial charge in [-0.3, -0.25) is 0 Å². The summed E-state index contributed by atoms with van der Waals surface area (Å²) in [6.45, 7) is 8.75. The third-order valence-corrected chi connectivity index (χ3v) is 7.75. The Hall–Kier alpha value is -1.22. The van der Waals surface area contributed by atoms with Gasteiger partial charge in [0.15, 0.2) is 0 Å². The minimum atomic E-state index is -3.91. The molecule has 1 aromatic rings. The van der Waals surface area contributed by atoms with Gasteiger partial charge >= 0.3 is 5.03 Å². The first-order chi connectivity index (χ1) is 9.12. The van der Waals surface area contributed by atoms with Crippen molar-refractivity contribution in [2.24, 2.45) is 0 Å². The Balaban J connectivity index is 3.53. The molecule has 0 bridgehead atoms. The van der Waals surface area contributed by atoms with Crippen LogP contribution in [0.4, 0.5) is 0 Å². The number of hydrogen-bond acceptors (Lipinski definition) is 6. The third-order valence-electron chi connectivity index (χ3n) is 2.91. The summed E-state index contributed by atoms with van der Waals surface area (Å²) >= 11 is 0. The van der Waals surface area contributed by atoms with Gasteiger partial charge in [0.1, 0.15) is 0 Å². The molecule has 0 saturated heterocycles. The lowest BCUT2D eigenvalue weighted by Crippen LogP contribution is -2.44. The summed E-state index contributed by atoms with van der Waals surface area (Å²) in [7, 11) is -7.74. The predicted molar refractivity (Wildman–Crippen MR) is 77.1 cm³/mol. The van der Waals surface area contributed by atoms with Crippen LogP contribution in [0, 0.1) is 5.21 Å². The van der Waals surface area contributed by atoms with Crippen LogP contribution in [0.25, 0.3) is 0 Å². The Morgan fingerprint density at radius 1 is 0.905 bits per heavy atom. The minimum Gasteiger partial charge on any atom is -0.593 e. The van der Waals surface area contributed by atoms with Crippen molar-refractivity contribution in [2.45, 2.75) is 61.1 Å². The normalized spacial score (nSPS) is 14.2. The average Bonchev–Trinajstić information content (AvgIpc) is 2.25. The summed E-state index contributed by atoms with van der Waals surface area (Å²) in [5.41, 5.74) is 0. The summed E-state index contributed by atoms with van der Waals surface area (Å²) in [5, 5.41) is 14.2. The zero-order valence-corrected chi connectivity index (χ0v) is 14.5. The fraction of sp³-hybridized carbons (Fsp3) is 0.667. The molecule has 0 aliphatic heterocycles. The Kier molecular flexibility index (Phi) is 4.17. The van der Waals surface area contributed by atoms with Crippen molar-refractivity contribution in [1.29, 1.82) is 0 Å². The van der Waals surface area contributed by atoms with Crippen molar-refractivity contribution in [1.82, 2.24) is 5.10 Å². The quantitative estimate of drug-likeness (QED) is 0.585. The molecule has 0 N–H and O–H groups in total. The first-order valence-electron chi connectivity index (χ1n) is 6.22. The van der Waals surface area contributed by atoms with Gasteiger partial charge in [-0.25, -0.2) is 16.8 Å². The van der Waals surface area contributed by atoms with E-state index in [0.717, 1.165) is 12.1 Å². The molecule has 1 heterocycles. The lowest BCUT2D eigenvalue weighted by atomic mass is 10.3. The first-order valence-corrected chi connectivity index (χ1v) is 9.19. The van der Waals surface area contributed by atoms with Gasteiger partial charge in [-0.2, -0.15) is 0 Å². The molecule has 0 amide bonds. The molecule has 0 unspecified atom stereocenters. The van der Waals surface area contributed by atoms with E-state index in [0.29, 0.717) is 0 Å². The molecule has 0 spiro atoms. The molecule has 7 nitrogen and oxygen atoms in total. The molecule has 0 fully saturated rings. The van der Waals surface area contributed by atoms with Crippen LogP contribution in [0.3, 0.4) is 0 Å². The summed E-state index contributed by atoms with van der Waals surface area (Å²) in [5.74, 6) is 0. The fourth-order valence-corrected chi connectivity index (χ4v) is 3.52. The van der Waals surface area contributed by atoms with Crippen molar-refractivity contribution >= 4 is 19.7 Å². The largest absolute Gasteiger partial charge is 0.593 e. The van der Waals surface area contributed by atoms with E-state index < -0.39 is 39.2 Å². The molecule has 0 saturated carbocycles. The molecule has 0 aliphatic carbocycles. The van der Waals surface area contributed by atoms with E-state index >= 15 is 0 Å². The zero-order valence-electron chi connectivity index (χ0n) is 12.9. The number of hydrogen-bond donors (Lipinski definition) is 0. The van der Waals surface area contributed by atoms with Gasteiger partial charge < -0.3 is 5.21 Å². The van der Waals surface area contributed by atoms with Crippen LogP contribution in [-0.2, 0) is 19.7 Å². The Morgan fingerprint density at radius 2 is 1.33 bits per heavy atom. The van der Waals surface area contributed by atoms with Crippen molar-refractivity contribution in [3.05, 3.63) is 17.3 Å². The highest BCUT2D eigenvalue weighted by molar-refractivity contribution is 7.93. The van der Waals surface area contributed by atoms with Gasteiger partial charge in [0.2, 0.25) is 24.7 Å². The Labute approximate surface area is 125 Å². The highest BCUT2D eigenvalue weighted by Gasteiger charge is 2.40. The van der Waals surface area contributed by atoms with Crippen molar-refractivity contribution in [3.63, 3.8) is 0 Å². The van der Waals surface area contributed by atoms with E-state index in [1.807, 2.05) is 0 Å². The van der Waals surface area contributed by atoms with Crippen LogP contribution < -0.4 is 4.85 Å². The molecule has 0 radical (unpaired) electrons. The lowest BCUT2D eigenvalue weighted by Gasteiger charge is -2.19.